The SMILES string of the molecule is CC(C)(C)NCC(=O)c1ccc2c(c1)B(O)OC2. The minimum absolute atomic E-state index is 0.0202. The molecule has 2 N–H and O–H groups in total. The van der Waals surface area contributed by atoms with Crippen LogP contribution >= 0.6 is 0 Å². The predicted molar refractivity (Wildman–Crippen MR) is 70.9 cm³/mol. The number of ketones is 1. The summed E-state index contributed by atoms with van der Waals surface area (Å²) in [6, 6.07) is 5.35. The van der Waals surface area contributed by atoms with E-state index in [4.69, 9.17) is 4.65 Å². The van der Waals surface area contributed by atoms with Crippen LogP contribution in [0.2, 0.25) is 0 Å². The molecule has 0 saturated heterocycles. The molecule has 0 aromatic heterocycles. The Hall–Kier alpha value is -1.17. The second kappa shape index (κ2) is 4.84. The van der Waals surface area contributed by atoms with Gasteiger partial charge in [0.25, 0.3) is 0 Å². The Labute approximate surface area is 107 Å². The smallest absolute Gasteiger partial charge is 0.423 e. The zero-order valence-electron chi connectivity index (χ0n) is 11.0. The van der Waals surface area contributed by atoms with Crippen molar-refractivity contribution in [2.75, 3.05) is 6.54 Å². The number of fused-ring (bicyclic) bond motifs is 1. The van der Waals surface area contributed by atoms with Crippen LogP contribution in [-0.4, -0.2) is 30.0 Å². The highest BCUT2D eigenvalue weighted by molar-refractivity contribution is 6.61. The van der Waals surface area contributed by atoms with Gasteiger partial charge >= 0.3 is 7.12 Å². The highest BCUT2D eigenvalue weighted by Crippen LogP contribution is 2.12. The number of carbonyl (C=O) groups is 1. The number of rotatable bonds is 3. The molecule has 2 rings (SSSR count). The van der Waals surface area contributed by atoms with Crippen molar-refractivity contribution in [2.24, 2.45) is 0 Å². The highest BCUT2D eigenvalue weighted by atomic mass is 16.5. The van der Waals surface area contributed by atoms with Gasteiger partial charge in [-0.25, -0.2) is 0 Å². The molecule has 1 aliphatic heterocycles. The summed E-state index contributed by atoms with van der Waals surface area (Å²) in [5.41, 5.74) is 2.17. The van der Waals surface area contributed by atoms with Crippen molar-refractivity contribution in [3.63, 3.8) is 0 Å². The lowest BCUT2D eigenvalue weighted by molar-refractivity contribution is 0.0982. The number of Topliss-reactive ketones (excluding diaryl/α,β-unsaturated/α-hetero) is 1. The molecule has 1 aromatic rings. The topological polar surface area (TPSA) is 58.6 Å². The van der Waals surface area contributed by atoms with Crippen molar-refractivity contribution < 1.29 is 14.5 Å². The molecule has 4 nitrogen and oxygen atoms in total. The summed E-state index contributed by atoms with van der Waals surface area (Å²) in [4.78, 5) is 12.0. The van der Waals surface area contributed by atoms with Crippen LogP contribution in [0, 0.1) is 0 Å². The largest absolute Gasteiger partial charge is 0.491 e. The minimum Gasteiger partial charge on any atom is -0.423 e. The molecule has 1 aliphatic rings. The molecule has 0 spiro atoms. The van der Waals surface area contributed by atoms with Crippen molar-refractivity contribution in [3.8, 4) is 0 Å². The first kappa shape index (κ1) is 13.3. The number of hydrogen-bond acceptors (Lipinski definition) is 4. The zero-order chi connectivity index (χ0) is 13.3. The number of carbonyl (C=O) groups excluding carboxylic acids is 1. The molecular formula is C13H18BNO3. The lowest BCUT2D eigenvalue weighted by Crippen LogP contribution is -2.39. The fourth-order valence-corrected chi connectivity index (χ4v) is 1.84. The average Bonchev–Trinajstić information content (AvgIpc) is 2.67. The van der Waals surface area contributed by atoms with Gasteiger partial charge in [-0.3, -0.25) is 4.79 Å². The van der Waals surface area contributed by atoms with Crippen LogP contribution < -0.4 is 10.8 Å². The summed E-state index contributed by atoms with van der Waals surface area (Å²) in [5, 5.41) is 12.8. The lowest BCUT2D eigenvalue weighted by atomic mass is 9.78. The van der Waals surface area contributed by atoms with Gasteiger partial charge in [0.05, 0.1) is 13.2 Å². The van der Waals surface area contributed by atoms with Gasteiger partial charge in [0, 0.05) is 11.1 Å². The van der Waals surface area contributed by atoms with Crippen molar-refractivity contribution in [1.29, 1.82) is 0 Å². The quantitative estimate of drug-likeness (QED) is 0.602. The van der Waals surface area contributed by atoms with Crippen LogP contribution in [-0.2, 0) is 11.3 Å². The molecule has 0 bridgehead atoms. The lowest BCUT2D eigenvalue weighted by Gasteiger charge is -2.19. The summed E-state index contributed by atoms with van der Waals surface area (Å²) in [6.07, 6.45) is 0. The van der Waals surface area contributed by atoms with E-state index in [-0.39, 0.29) is 11.3 Å². The van der Waals surface area contributed by atoms with Gasteiger partial charge in [0.15, 0.2) is 5.78 Å². The van der Waals surface area contributed by atoms with E-state index < -0.39 is 7.12 Å². The van der Waals surface area contributed by atoms with Gasteiger partial charge < -0.3 is 15.0 Å². The van der Waals surface area contributed by atoms with E-state index in [1.807, 2.05) is 26.8 Å². The summed E-state index contributed by atoms with van der Waals surface area (Å²) in [7, 11) is -0.900. The van der Waals surface area contributed by atoms with Gasteiger partial charge in [0.2, 0.25) is 0 Å². The van der Waals surface area contributed by atoms with Crippen molar-refractivity contribution >= 4 is 18.4 Å². The van der Waals surface area contributed by atoms with Crippen LogP contribution in [0.5, 0.6) is 0 Å². The van der Waals surface area contributed by atoms with E-state index in [0.717, 1.165) is 5.56 Å². The minimum atomic E-state index is -0.900. The molecule has 5 heteroatoms. The third kappa shape index (κ3) is 2.99. The van der Waals surface area contributed by atoms with Gasteiger partial charge in [-0.15, -0.1) is 0 Å². The van der Waals surface area contributed by atoms with Crippen molar-refractivity contribution in [1.82, 2.24) is 5.32 Å². The molecule has 1 heterocycles. The highest BCUT2D eigenvalue weighted by Gasteiger charge is 2.28. The van der Waals surface area contributed by atoms with Crippen molar-refractivity contribution in [2.45, 2.75) is 32.9 Å². The Kier molecular flexibility index (Phi) is 3.57. The Morgan fingerprint density at radius 3 is 2.89 bits per heavy atom. The summed E-state index contributed by atoms with van der Waals surface area (Å²) >= 11 is 0. The molecule has 18 heavy (non-hydrogen) atoms. The van der Waals surface area contributed by atoms with Crippen LogP contribution in [0.25, 0.3) is 0 Å². The molecule has 0 fully saturated rings. The van der Waals surface area contributed by atoms with E-state index in [2.05, 4.69) is 5.32 Å². The molecular weight excluding hydrogens is 229 g/mol. The van der Waals surface area contributed by atoms with Crippen LogP contribution in [0.4, 0.5) is 0 Å². The second-order valence-electron chi connectivity index (χ2n) is 5.60. The summed E-state index contributed by atoms with van der Waals surface area (Å²) in [5.74, 6) is 0.0202. The number of hydrogen-bond donors (Lipinski definition) is 2. The Morgan fingerprint density at radius 1 is 1.50 bits per heavy atom. The fourth-order valence-electron chi connectivity index (χ4n) is 1.84. The first-order chi connectivity index (χ1) is 8.37. The molecule has 96 valence electrons. The van der Waals surface area contributed by atoms with E-state index >= 15 is 0 Å². The molecule has 0 unspecified atom stereocenters. The summed E-state index contributed by atoms with van der Waals surface area (Å²) in [6.45, 7) is 6.74. The number of nitrogens with one attached hydrogen (secondary N) is 1. The maximum absolute atomic E-state index is 12.0. The number of benzene rings is 1. The monoisotopic (exact) mass is 247 g/mol. The van der Waals surface area contributed by atoms with Crippen LogP contribution in [0.3, 0.4) is 0 Å². The van der Waals surface area contributed by atoms with Gasteiger partial charge in [-0.05, 0) is 31.8 Å². The zero-order valence-corrected chi connectivity index (χ0v) is 11.0. The average molecular weight is 247 g/mol. The first-order valence-electron chi connectivity index (χ1n) is 6.07. The Morgan fingerprint density at radius 2 is 2.22 bits per heavy atom. The van der Waals surface area contributed by atoms with Gasteiger partial charge in [0.1, 0.15) is 0 Å². The molecule has 0 aliphatic carbocycles. The first-order valence-corrected chi connectivity index (χ1v) is 6.07. The van der Waals surface area contributed by atoms with E-state index in [9.17, 15) is 9.82 Å². The van der Waals surface area contributed by atoms with Crippen LogP contribution in [0.1, 0.15) is 36.7 Å². The normalized spacial score (nSPS) is 14.8. The second-order valence-corrected chi connectivity index (χ2v) is 5.60. The third-order valence-corrected chi connectivity index (χ3v) is 2.91. The Balaban J connectivity index is 2.10. The maximum Gasteiger partial charge on any atom is 0.491 e. The van der Waals surface area contributed by atoms with Crippen LogP contribution in [0.15, 0.2) is 18.2 Å². The van der Waals surface area contributed by atoms with Gasteiger partial charge in [-0.2, -0.15) is 0 Å². The fraction of sp³-hybridized carbons (Fsp3) is 0.462. The molecule has 1 aromatic carbocycles. The maximum atomic E-state index is 12.0. The predicted octanol–water partition coefficient (Wildman–Crippen LogP) is 0.475. The molecule has 0 atom stereocenters. The van der Waals surface area contributed by atoms with E-state index in [1.165, 1.54) is 0 Å². The van der Waals surface area contributed by atoms with E-state index in [0.29, 0.717) is 24.2 Å². The molecule has 0 amide bonds. The summed E-state index contributed by atoms with van der Waals surface area (Å²) < 4.78 is 5.10. The molecule has 0 radical (unpaired) electrons. The Bertz CT molecular complexity index is 468. The van der Waals surface area contributed by atoms with E-state index in [1.54, 1.807) is 12.1 Å². The molecule has 0 saturated carbocycles. The third-order valence-electron chi connectivity index (χ3n) is 2.91. The standard InChI is InChI=1S/C13H18BNO3/c1-13(2,3)15-7-12(16)9-4-5-10-8-18-14(17)11(10)6-9/h4-6,15,17H,7-8H2,1-3H3. The van der Waals surface area contributed by atoms with Crippen molar-refractivity contribution in [3.05, 3.63) is 29.3 Å². The van der Waals surface area contributed by atoms with Gasteiger partial charge in [-0.1, -0.05) is 18.2 Å².